The highest BCUT2D eigenvalue weighted by molar-refractivity contribution is 9.10. The van der Waals surface area contributed by atoms with Gasteiger partial charge >= 0.3 is 0 Å². The topological polar surface area (TPSA) is 12.0 Å². The number of rotatable bonds is 1. The van der Waals surface area contributed by atoms with E-state index in [1.54, 1.807) is 4.88 Å². The Morgan fingerprint density at radius 1 is 1.27 bits per heavy atom. The van der Waals surface area contributed by atoms with Gasteiger partial charge in [-0.1, -0.05) is 0 Å². The van der Waals surface area contributed by atoms with Gasteiger partial charge in [0.15, 0.2) is 0 Å². The molecule has 1 atom stereocenters. The first kappa shape index (κ1) is 10.0. The van der Waals surface area contributed by atoms with Crippen LogP contribution >= 0.6 is 38.6 Å². The fourth-order valence-corrected chi connectivity index (χ4v) is 4.61. The summed E-state index contributed by atoms with van der Waals surface area (Å²) in [4.78, 5) is 2.94. The lowest BCUT2D eigenvalue weighted by Gasteiger charge is -2.23. The van der Waals surface area contributed by atoms with E-state index in [0.717, 1.165) is 6.54 Å². The molecule has 78 valence electrons. The van der Waals surface area contributed by atoms with Crippen LogP contribution in [0.25, 0.3) is 0 Å². The zero-order valence-electron chi connectivity index (χ0n) is 8.00. The molecule has 1 aliphatic heterocycles. The van der Waals surface area contributed by atoms with E-state index in [0.29, 0.717) is 6.04 Å². The lowest BCUT2D eigenvalue weighted by Crippen LogP contribution is -2.28. The number of hydrogen-bond donors (Lipinski definition) is 1. The molecule has 2 aromatic rings. The van der Waals surface area contributed by atoms with Gasteiger partial charge in [-0.25, -0.2) is 0 Å². The summed E-state index contributed by atoms with van der Waals surface area (Å²) in [6, 6.07) is 4.78. The van der Waals surface area contributed by atoms with Gasteiger partial charge in [0.1, 0.15) is 0 Å². The molecule has 2 aromatic heterocycles. The van der Waals surface area contributed by atoms with Crippen molar-refractivity contribution >= 4 is 38.6 Å². The Labute approximate surface area is 105 Å². The van der Waals surface area contributed by atoms with Crippen LogP contribution in [0, 0.1) is 0 Å². The molecule has 3 heterocycles. The number of hydrogen-bond acceptors (Lipinski definition) is 3. The zero-order valence-corrected chi connectivity index (χ0v) is 11.2. The van der Waals surface area contributed by atoms with E-state index in [1.165, 1.54) is 21.3 Å². The second-order valence-electron chi connectivity index (χ2n) is 3.57. The zero-order chi connectivity index (χ0) is 10.3. The van der Waals surface area contributed by atoms with Crippen molar-refractivity contribution in [1.29, 1.82) is 0 Å². The molecule has 1 unspecified atom stereocenters. The molecule has 4 heteroatoms. The van der Waals surface area contributed by atoms with Crippen molar-refractivity contribution in [2.24, 2.45) is 0 Å². The highest BCUT2D eigenvalue weighted by Crippen LogP contribution is 2.37. The van der Waals surface area contributed by atoms with Crippen LogP contribution in [0.4, 0.5) is 0 Å². The van der Waals surface area contributed by atoms with Gasteiger partial charge in [0, 0.05) is 20.8 Å². The molecule has 0 aromatic carbocycles. The van der Waals surface area contributed by atoms with Crippen molar-refractivity contribution in [2.75, 3.05) is 6.54 Å². The van der Waals surface area contributed by atoms with E-state index >= 15 is 0 Å². The molecule has 0 aliphatic carbocycles. The molecular weight excluding hydrogens is 290 g/mol. The Hall–Kier alpha value is -0.160. The van der Waals surface area contributed by atoms with E-state index in [9.17, 15) is 0 Å². The standard InChI is InChI=1S/C11H10BrNS2/c12-8-3-6-15-11(8)10-7-2-5-14-9(7)1-4-13-10/h2-3,5-6,10,13H,1,4H2. The summed E-state index contributed by atoms with van der Waals surface area (Å²) in [7, 11) is 0. The Balaban J connectivity index is 2.07. The smallest absolute Gasteiger partial charge is 0.0693 e. The van der Waals surface area contributed by atoms with Crippen LogP contribution in [0.2, 0.25) is 0 Å². The summed E-state index contributed by atoms with van der Waals surface area (Å²) in [5.41, 5.74) is 1.47. The number of halogens is 1. The molecule has 1 N–H and O–H groups in total. The Morgan fingerprint density at radius 3 is 2.93 bits per heavy atom. The fourth-order valence-electron chi connectivity index (χ4n) is 2.00. The molecule has 0 amide bonds. The van der Waals surface area contributed by atoms with Gasteiger partial charge in [-0.2, -0.15) is 0 Å². The third-order valence-corrected chi connectivity index (χ3v) is 5.63. The predicted molar refractivity (Wildman–Crippen MR) is 69.9 cm³/mol. The lowest BCUT2D eigenvalue weighted by molar-refractivity contribution is 0.580. The van der Waals surface area contributed by atoms with Gasteiger partial charge < -0.3 is 5.32 Å². The largest absolute Gasteiger partial charge is 0.305 e. The summed E-state index contributed by atoms with van der Waals surface area (Å²) >= 11 is 7.32. The van der Waals surface area contributed by atoms with Crippen LogP contribution in [0.1, 0.15) is 21.4 Å². The van der Waals surface area contributed by atoms with Crippen LogP contribution in [-0.2, 0) is 6.42 Å². The fraction of sp³-hybridized carbons (Fsp3) is 0.273. The van der Waals surface area contributed by atoms with Crippen molar-refractivity contribution < 1.29 is 0 Å². The summed E-state index contributed by atoms with van der Waals surface area (Å²) in [6.45, 7) is 1.09. The van der Waals surface area contributed by atoms with Crippen molar-refractivity contribution in [3.63, 3.8) is 0 Å². The molecular formula is C11H10BrNS2. The average molecular weight is 300 g/mol. The highest BCUT2D eigenvalue weighted by Gasteiger charge is 2.24. The van der Waals surface area contributed by atoms with Crippen LogP contribution in [-0.4, -0.2) is 6.54 Å². The molecule has 0 saturated heterocycles. The van der Waals surface area contributed by atoms with Crippen LogP contribution in [0.3, 0.4) is 0 Å². The quantitative estimate of drug-likeness (QED) is 0.844. The molecule has 1 nitrogen and oxygen atoms in total. The highest BCUT2D eigenvalue weighted by atomic mass is 79.9. The van der Waals surface area contributed by atoms with E-state index in [4.69, 9.17) is 0 Å². The SMILES string of the molecule is Brc1ccsc1C1NCCc2sccc21. The Kier molecular flexibility index (Phi) is 2.68. The van der Waals surface area contributed by atoms with E-state index < -0.39 is 0 Å². The molecule has 0 radical (unpaired) electrons. The van der Waals surface area contributed by atoms with E-state index in [2.05, 4.69) is 44.1 Å². The first-order valence-corrected chi connectivity index (χ1v) is 7.44. The molecule has 15 heavy (non-hydrogen) atoms. The Morgan fingerprint density at radius 2 is 2.13 bits per heavy atom. The Bertz CT molecular complexity index is 474. The summed E-state index contributed by atoms with van der Waals surface area (Å²) in [5, 5.41) is 7.93. The molecule has 3 rings (SSSR count). The number of nitrogens with one attached hydrogen (secondary N) is 1. The molecule has 0 bridgehead atoms. The maximum absolute atomic E-state index is 3.62. The lowest BCUT2D eigenvalue weighted by atomic mass is 10.0. The van der Waals surface area contributed by atoms with Crippen molar-refractivity contribution in [3.05, 3.63) is 42.7 Å². The van der Waals surface area contributed by atoms with E-state index in [1.807, 2.05) is 22.7 Å². The van der Waals surface area contributed by atoms with Crippen LogP contribution in [0.5, 0.6) is 0 Å². The molecule has 0 saturated carbocycles. The third-order valence-electron chi connectivity index (χ3n) is 2.70. The molecule has 0 spiro atoms. The predicted octanol–water partition coefficient (Wildman–Crippen LogP) is 3.81. The summed E-state index contributed by atoms with van der Waals surface area (Å²) in [6.07, 6.45) is 1.17. The first-order valence-electron chi connectivity index (χ1n) is 4.89. The summed E-state index contributed by atoms with van der Waals surface area (Å²) in [5.74, 6) is 0. The number of thiophene rings is 2. The monoisotopic (exact) mass is 299 g/mol. The van der Waals surface area contributed by atoms with Gasteiger partial charge in [-0.15, -0.1) is 22.7 Å². The summed E-state index contributed by atoms with van der Waals surface area (Å²) < 4.78 is 1.23. The molecule has 1 aliphatic rings. The van der Waals surface area contributed by atoms with Gasteiger partial charge in [0.2, 0.25) is 0 Å². The minimum atomic E-state index is 0.398. The van der Waals surface area contributed by atoms with Crippen molar-refractivity contribution in [3.8, 4) is 0 Å². The second-order valence-corrected chi connectivity index (χ2v) is 6.37. The van der Waals surface area contributed by atoms with Gasteiger partial charge in [0.25, 0.3) is 0 Å². The minimum Gasteiger partial charge on any atom is -0.305 e. The third kappa shape index (κ3) is 1.69. The van der Waals surface area contributed by atoms with Gasteiger partial charge in [0.05, 0.1) is 6.04 Å². The minimum absolute atomic E-state index is 0.398. The second kappa shape index (κ2) is 4.01. The average Bonchev–Trinajstić information content (AvgIpc) is 2.85. The maximum Gasteiger partial charge on any atom is 0.0693 e. The van der Waals surface area contributed by atoms with Crippen LogP contribution < -0.4 is 5.32 Å². The first-order chi connectivity index (χ1) is 7.36. The molecule has 0 fully saturated rings. The van der Waals surface area contributed by atoms with Gasteiger partial charge in [-0.3, -0.25) is 0 Å². The van der Waals surface area contributed by atoms with Gasteiger partial charge in [-0.05, 0) is 50.8 Å². The van der Waals surface area contributed by atoms with Crippen molar-refractivity contribution in [1.82, 2.24) is 5.32 Å². The van der Waals surface area contributed by atoms with E-state index in [-0.39, 0.29) is 0 Å². The number of fused-ring (bicyclic) bond motifs is 1. The normalized spacial score (nSPS) is 20.2. The maximum atomic E-state index is 3.62. The van der Waals surface area contributed by atoms with Crippen LogP contribution in [0.15, 0.2) is 27.4 Å². The van der Waals surface area contributed by atoms with Crippen molar-refractivity contribution in [2.45, 2.75) is 12.5 Å².